The average molecular weight is 225 g/mol. The first-order valence-corrected chi connectivity index (χ1v) is 6.52. The fourth-order valence-corrected chi connectivity index (χ4v) is 2.49. The summed E-state index contributed by atoms with van der Waals surface area (Å²) in [6, 6.07) is 1.50. The molecule has 2 fully saturated rings. The van der Waals surface area contributed by atoms with E-state index >= 15 is 0 Å². The van der Waals surface area contributed by atoms with Gasteiger partial charge in [-0.25, -0.2) is 4.79 Å². The van der Waals surface area contributed by atoms with E-state index in [1.165, 1.54) is 19.3 Å². The lowest BCUT2D eigenvalue weighted by Crippen LogP contribution is -2.49. The number of rotatable bonds is 3. The average Bonchev–Trinajstić information content (AvgIpc) is 2.25. The molecule has 2 saturated carbocycles. The molecule has 0 radical (unpaired) electrons. The monoisotopic (exact) mass is 225 g/mol. The zero-order valence-electron chi connectivity index (χ0n) is 10.1. The molecular weight excluding hydrogens is 202 g/mol. The Balaban J connectivity index is 1.63. The van der Waals surface area contributed by atoms with Gasteiger partial charge in [-0.05, 0) is 52.0 Å². The molecule has 0 bridgehead atoms. The van der Waals surface area contributed by atoms with Gasteiger partial charge in [-0.15, -0.1) is 0 Å². The molecule has 2 rings (SSSR count). The Morgan fingerprint density at radius 1 is 0.875 bits per heavy atom. The largest absolute Gasteiger partial charge is 0.335 e. The molecule has 4 heteroatoms. The van der Waals surface area contributed by atoms with Crippen LogP contribution in [0.25, 0.3) is 0 Å². The van der Waals surface area contributed by atoms with E-state index < -0.39 is 0 Å². The number of amides is 2. The Morgan fingerprint density at radius 2 is 1.38 bits per heavy atom. The highest BCUT2D eigenvalue weighted by molar-refractivity contribution is 5.74. The van der Waals surface area contributed by atoms with Gasteiger partial charge in [-0.1, -0.05) is 0 Å². The van der Waals surface area contributed by atoms with E-state index in [-0.39, 0.29) is 6.03 Å². The fourth-order valence-electron chi connectivity index (χ4n) is 2.49. The third-order valence-electron chi connectivity index (χ3n) is 3.91. The first-order chi connectivity index (χ1) is 7.78. The summed E-state index contributed by atoms with van der Waals surface area (Å²) in [5, 5.41) is 9.41. The highest BCUT2D eigenvalue weighted by Crippen LogP contribution is 2.19. The molecule has 0 unspecified atom stereocenters. The van der Waals surface area contributed by atoms with Crippen LogP contribution in [-0.2, 0) is 0 Å². The SMILES string of the molecule is CNC1CCC(NC(=O)NC2CCC2)CC1. The third kappa shape index (κ3) is 3.11. The third-order valence-corrected chi connectivity index (χ3v) is 3.91. The lowest BCUT2D eigenvalue weighted by molar-refractivity contribution is 0.218. The molecule has 0 aliphatic heterocycles. The normalized spacial score (nSPS) is 30.6. The van der Waals surface area contributed by atoms with E-state index in [1.54, 1.807) is 0 Å². The van der Waals surface area contributed by atoms with E-state index in [0.717, 1.165) is 25.7 Å². The molecule has 2 aliphatic carbocycles. The highest BCUT2D eigenvalue weighted by atomic mass is 16.2. The van der Waals surface area contributed by atoms with E-state index in [0.29, 0.717) is 18.1 Å². The first kappa shape index (κ1) is 11.7. The van der Waals surface area contributed by atoms with Crippen molar-refractivity contribution in [3.8, 4) is 0 Å². The Morgan fingerprint density at radius 3 is 1.81 bits per heavy atom. The Kier molecular flexibility index (Phi) is 4.04. The van der Waals surface area contributed by atoms with Crippen LogP contribution in [0.2, 0.25) is 0 Å². The van der Waals surface area contributed by atoms with Gasteiger partial charge in [-0.3, -0.25) is 0 Å². The van der Waals surface area contributed by atoms with Crippen LogP contribution in [0.5, 0.6) is 0 Å². The molecule has 92 valence electrons. The van der Waals surface area contributed by atoms with Crippen molar-refractivity contribution in [2.24, 2.45) is 0 Å². The minimum Gasteiger partial charge on any atom is -0.335 e. The van der Waals surface area contributed by atoms with Gasteiger partial charge in [0.15, 0.2) is 0 Å². The quantitative estimate of drug-likeness (QED) is 0.679. The zero-order chi connectivity index (χ0) is 11.4. The Bertz CT molecular complexity index is 232. The number of carbonyl (C=O) groups is 1. The van der Waals surface area contributed by atoms with Gasteiger partial charge in [0.1, 0.15) is 0 Å². The molecule has 0 atom stereocenters. The lowest BCUT2D eigenvalue weighted by Gasteiger charge is -2.31. The minimum absolute atomic E-state index is 0.0395. The summed E-state index contributed by atoms with van der Waals surface area (Å²) in [7, 11) is 2.02. The summed E-state index contributed by atoms with van der Waals surface area (Å²) in [5.74, 6) is 0. The molecule has 3 N–H and O–H groups in total. The van der Waals surface area contributed by atoms with Crippen LogP contribution in [0.3, 0.4) is 0 Å². The molecular formula is C12H23N3O. The van der Waals surface area contributed by atoms with Crippen molar-refractivity contribution in [1.29, 1.82) is 0 Å². The predicted molar refractivity (Wildman–Crippen MR) is 64.4 cm³/mol. The van der Waals surface area contributed by atoms with Crippen LogP contribution in [-0.4, -0.2) is 31.2 Å². The van der Waals surface area contributed by atoms with Gasteiger partial charge in [0.05, 0.1) is 0 Å². The van der Waals surface area contributed by atoms with E-state index in [9.17, 15) is 4.79 Å². The fraction of sp³-hybridized carbons (Fsp3) is 0.917. The topological polar surface area (TPSA) is 53.2 Å². The molecule has 0 saturated heterocycles. The van der Waals surface area contributed by atoms with Gasteiger partial charge < -0.3 is 16.0 Å². The summed E-state index contributed by atoms with van der Waals surface area (Å²) in [6.07, 6.45) is 8.11. The second-order valence-electron chi connectivity index (χ2n) is 5.08. The van der Waals surface area contributed by atoms with Crippen molar-refractivity contribution in [3.05, 3.63) is 0 Å². The van der Waals surface area contributed by atoms with Gasteiger partial charge >= 0.3 is 6.03 Å². The highest BCUT2D eigenvalue weighted by Gasteiger charge is 2.23. The van der Waals surface area contributed by atoms with Crippen LogP contribution in [0, 0.1) is 0 Å². The zero-order valence-corrected chi connectivity index (χ0v) is 10.1. The standard InChI is InChI=1S/C12H23N3O/c1-13-9-5-7-11(8-6-9)15-12(16)14-10-3-2-4-10/h9-11,13H,2-8H2,1H3,(H2,14,15,16). The van der Waals surface area contributed by atoms with E-state index in [4.69, 9.17) is 0 Å². The molecule has 4 nitrogen and oxygen atoms in total. The van der Waals surface area contributed by atoms with Gasteiger partial charge in [-0.2, -0.15) is 0 Å². The number of hydrogen-bond donors (Lipinski definition) is 3. The summed E-state index contributed by atoms with van der Waals surface area (Å²) in [5.41, 5.74) is 0. The summed E-state index contributed by atoms with van der Waals surface area (Å²) < 4.78 is 0. The molecule has 2 amide bonds. The summed E-state index contributed by atoms with van der Waals surface area (Å²) in [4.78, 5) is 11.6. The van der Waals surface area contributed by atoms with Crippen molar-refractivity contribution < 1.29 is 4.79 Å². The summed E-state index contributed by atoms with van der Waals surface area (Å²) >= 11 is 0. The van der Waals surface area contributed by atoms with Crippen LogP contribution < -0.4 is 16.0 Å². The minimum atomic E-state index is 0.0395. The molecule has 0 heterocycles. The number of carbonyl (C=O) groups excluding carboxylic acids is 1. The van der Waals surface area contributed by atoms with Gasteiger partial charge in [0, 0.05) is 18.1 Å². The van der Waals surface area contributed by atoms with Gasteiger partial charge in [0.2, 0.25) is 0 Å². The maximum absolute atomic E-state index is 11.6. The molecule has 0 spiro atoms. The Labute approximate surface area is 97.6 Å². The second kappa shape index (κ2) is 5.53. The van der Waals surface area contributed by atoms with Crippen LogP contribution in [0.15, 0.2) is 0 Å². The molecule has 2 aliphatic rings. The number of hydrogen-bond acceptors (Lipinski definition) is 2. The predicted octanol–water partition coefficient (Wildman–Crippen LogP) is 1.37. The van der Waals surface area contributed by atoms with Crippen molar-refractivity contribution >= 4 is 6.03 Å². The van der Waals surface area contributed by atoms with E-state index in [2.05, 4.69) is 16.0 Å². The number of urea groups is 1. The van der Waals surface area contributed by atoms with Crippen molar-refractivity contribution in [1.82, 2.24) is 16.0 Å². The molecule has 0 aromatic carbocycles. The van der Waals surface area contributed by atoms with Gasteiger partial charge in [0.25, 0.3) is 0 Å². The van der Waals surface area contributed by atoms with Crippen molar-refractivity contribution in [2.45, 2.75) is 63.1 Å². The second-order valence-corrected chi connectivity index (χ2v) is 5.08. The van der Waals surface area contributed by atoms with Crippen molar-refractivity contribution in [2.75, 3.05) is 7.05 Å². The van der Waals surface area contributed by atoms with Crippen LogP contribution in [0.4, 0.5) is 4.79 Å². The maximum atomic E-state index is 11.6. The smallest absolute Gasteiger partial charge is 0.315 e. The van der Waals surface area contributed by atoms with Crippen LogP contribution >= 0.6 is 0 Å². The van der Waals surface area contributed by atoms with E-state index in [1.807, 2.05) is 7.05 Å². The Hall–Kier alpha value is -0.770. The first-order valence-electron chi connectivity index (χ1n) is 6.52. The van der Waals surface area contributed by atoms with Crippen LogP contribution in [0.1, 0.15) is 44.9 Å². The number of nitrogens with one attached hydrogen (secondary N) is 3. The lowest BCUT2D eigenvalue weighted by atomic mass is 9.91. The molecule has 16 heavy (non-hydrogen) atoms. The van der Waals surface area contributed by atoms with Crippen molar-refractivity contribution in [3.63, 3.8) is 0 Å². The maximum Gasteiger partial charge on any atom is 0.315 e. The summed E-state index contributed by atoms with van der Waals surface area (Å²) in [6.45, 7) is 0. The molecule has 0 aromatic rings. The molecule has 0 aromatic heterocycles.